The number of amides is 1. The van der Waals surface area contributed by atoms with Crippen molar-refractivity contribution >= 4 is 6.09 Å². The Labute approximate surface area is 139 Å². The van der Waals surface area contributed by atoms with E-state index in [1.165, 1.54) is 5.56 Å². The van der Waals surface area contributed by atoms with Crippen LogP contribution in [-0.4, -0.2) is 36.8 Å². The zero-order valence-corrected chi connectivity index (χ0v) is 14.5. The maximum absolute atomic E-state index is 12.3. The predicted molar refractivity (Wildman–Crippen MR) is 91.8 cm³/mol. The molecule has 0 saturated carbocycles. The lowest BCUT2D eigenvalue weighted by Gasteiger charge is -2.38. The molecule has 0 bridgehead atoms. The Morgan fingerprint density at radius 3 is 2.48 bits per heavy atom. The smallest absolute Gasteiger partial charge is 0.410 e. The van der Waals surface area contributed by atoms with Gasteiger partial charge in [0.1, 0.15) is 11.4 Å². The molecule has 1 saturated heterocycles. The van der Waals surface area contributed by atoms with Crippen molar-refractivity contribution in [3.05, 3.63) is 42.5 Å². The minimum atomic E-state index is -0.465. The maximum atomic E-state index is 12.3. The highest BCUT2D eigenvalue weighted by atomic mass is 16.6. The Kier molecular flexibility index (Phi) is 5.34. The van der Waals surface area contributed by atoms with Gasteiger partial charge in [0.05, 0.1) is 7.11 Å². The fourth-order valence-electron chi connectivity index (χ4n) is 2.98. The summed E-state index contributed by atoms with van der Waals surface area (Å²) in [6.45, 7) is 11.0. The first-order chi connectivity index (χ1) is 10.8. The van der Waals surface area contributed by atoms with Gasteiger partial charge in [0.15, 0.2) is 0 Å². The maximum Gasteiger partial charge on any atom is 0.410 e. The second kappa shape index (κ2) is 7.07. The van der Waals surface area contributed by atoms with Crippen LogP contribution in [0.2, 0.25) is 0 Å². The molecule has 0 aliphatic carbocycles. The van der Waals surface area contributed by atoms with Gasteiger partial charge in [-0.3, -0.25) is 0 Å². The lowest BCUT2D eigenvalue weighted by molar-refractivity contribution is 0.0170. The summed E-state index contributed by atoms with van der Waals surface area (Å²) in [5.74, 6) is 1.46. The van der Waals surface area contributed by atoms with Crippen LogP contribution < -0.4 is 4.74 Å². The molecule has 0 unspecified atom stereocenters. The monoisotopic (exact) mass is 317 g/mol. The van der Waals surface area contributed by atoms with E-state index in [0.717, 1.165) is 12.2 Å². The van der Waals surface area contributed by atoms with E-state index in [9.17, 15) is 4.79 Å². The number of piperidine rings is 1. The first-order valence-electron chi connectivity index (χ1n) is 8.08. The molecule has 2 atom stereocenters. The zero-order valence-electron chi connectivity index (χ0n) is 14.5. The Bertz CT molecular complexity index is 545. The SMILES string of the molecule is C=C[C@@H]1CN(C(=O)OC(C)(C)C)CC[C@H]1c1ccc(OC)cc1. The van der Waals surface area contributed by atoms with Crippen LogP contribution in [0.15, 0.2) is 36.9 Å². The number of rotatable bonds is 3. The van der Waals surface area contributed by atoms with Crippen molar-refractivity contribution in [3.63, 3.8) is 0 Å². The van der Waals surface area contributed by atoms with Crippen LogP contribution in [0.4, 0.5) is 4.79 Å². The third-order valence-electron chi connectivity index (χ3n) is 4.16. The van der Waals surface area contributed by atoms with Crippen LogP contribution in [0, 0.1) is 5.92 Å². The number of carbonyl (C=O) groups is 1. The lowest BCUT2D eigenvalue weighted by Crippen LogP contribution is -2.44. The molecular formula is C19H27NO3. The highest BCUT2D eigenvalue weighted by Crippen LogP contribution is 2.34. The van der Waals surface area contributed by atoms with Crippen LogP contribution in [0.25, 0.3) is 0 Å². The molecule has 1 aliphatic rings. The van der Waals surface area contributed by atoms with Gasteiger partial charge in [0.2, 0.25) is 0 Å². The molecule has 1 amide bonds. The van der Waals surface area contributed by atoms with Gasteiger partial charge in [-0.15, -0.1) is 6.58 Å². The molecule has 126 valence electrons. The topological polar surface area (TPSA) is 38.8 Å². The average Bonchev–Trinajstić information content (AvgIpc) is 2.52. The summed E-state index contributed by atoms with van der Waals surface area (Å²) in [7, 11) is 1.67. The van der Waals surface area contributed by atoms with Gasteiger partial charge in [-0.25, -0.2) is 4.79 Å². The van der Waals surface area contributed by atoms with Crippen LogP contribution in [0.3, 0.4) is 0 Å². The molecule has 1 aromatic rings. The molecule has 4 nitrogen and oxygen atoms in total. The minimum Gasteiger partial charge on any atom is -0.497 e. The molecule has 1 heterocycles. The van der Waals surface area contributed by atoms with E-state index in [4.69, 9.17) is 9.47 Å². The van der Waals surface area contributed by atoms with Crippen LogP contribution in [0.5, 0.6) is 5.75 Å². The summed E-state index contributed by atoms with van der Waals surface area (Å²) in [6.07, 6.45) is 2.62. The Morgan fingerprint density at radius 1 is 1.30 bits per heavy atom. The van der Waals surface area contributed by atoms with Crippen molar-refractivity contribution < 1.29 is 14.3 Å². The van der Waals surface area contributed by atoms with Crippen molar-refractivity contribution in [1.29, 1.82) is 0 Å². The summed E-state index contributed by atoms with van der Waals surface area (Å²) in [4.78, 5) is 14.0. The third-order valence-corrected chi connectivity index (χ3v) is 4.16. The zero-order chi connectivity index (χ0) is 17.0. The second-order valence-corrected chi connectivity index (χ2v) is 6.99. The number of benzene rings is 1. The van der Waals surface area contributed by atoms with Crippen LogP contribution in [-0.2, 0) is 4.74 Å². The molecule has 0 spiro atoms. The second-order valence-electron chi connectivity index (χ2n) is 6.99. The summed E-state index contributed by atoms with van der Waals surface area (Å²) < 4.78 is 10.7. The first-order valence-corrected chi connectivity index (χ1v) is 8.08. The van der Waals surface area contributed by atoms with Gasteiger partial charge in [-0.1, -0.05) is 18.2 Å². The molecule has 4 heteroatoms. The standard InChI is InChI=1S/C19H27NO3/c1-6-14-13-20(18(21)23-19(2,3)4)12-11-17(14)15-7-9-16(22-5)10-8-15/h6-10,14,17H,1,11-13H2,2-5H3/t14-,17-/m1/s1. The number of ether oxygens (including phenoxy) is 2. The van der Waals surface area contributed by atoms with Gasteiger partial charge in [-0.2, -0.15) is 0 Å². The number of nitrogens with zero attached hydrogens (tertiary/aromatic N) is 1. The molecule has 1 fully saturated rings. The fourth-order valence-corrected chi connectivity index (χ4v) is 2.98. The van der Waals surface area contributed by atoms with E-state index in [-0.39, 0.29) is 12.0 Å². The summed E-state index contributed by atoms with van der Waals surface area (Å²) in [5.41, 5.74) is 0.799. The number of carbonyl (C=O) groups excluding carboxylic acids is 1. The molecule has 2 rings (SSSR count). The quantitative estimate of drug-likeness (QED) is 0.783. The number of hydrogen-bond donors (Lipinski definition) is 0. The van der Waals surface area contributed by atoms with Crippen molar-refractivity contribution in [3.8, 4) is 5.75 Å². The summed E-state index contributed by atoms with van der Waals surface area (Å²) in [6, 6.07) is 8.16. The van der Waals surface area contributed by atoms with E-state index >= 15 is 0 Å². The lowest BCUT2D eigenvalue weighted by atomic mass is 9.80. The van der Waals surface area contributed by atoms with Crippen molar-refractivity contribution in [2.45, 2.75) is 38.7 Å². The summed E-state index contributed by atoms with van der Waals surface area (Å²) in [5, 5.41) is 0. The van der Waals surface area contributed by atoms with Gasteiger partial charge < -0.3 is 14.4 Å². The highest BCUT2D eigenvalue weighted by molar-refractivity contribution is 5.68. The van der Waals surface area contributed by atoms with Gasteiger partial charge in [-0.05, 0) is 50.8 Å². The minimum absolute atomic E-state index is 0.227. The fraction of sp³-hybridized carbons (Fsp3) is 0.526. The Hall–Kier alpha value is -1.97. The van der Waals surface area contributed by atoms with E-state index in [1.54, 1.807) is 12.0 Å². The third kappa shape index (κ3) is 4.50. The Balaban J connectivity index is 2.06. The number of methoxy groups -OCH3 is 1. The molecule has 0 N–H and O–H groups in total. The van der Waals surface area contributed by atoms with Crippen LogP contribution >= 0.6 is 0 Å². The Morgan fingerprint density at radius 2 is 1.96 bits per heavy atom. The first kappa shape index (κ1) is 17.4. The molecule has 0 radical (unpaired) electrons. The van der Waals surface area contributed by atoms with Gasteiger partial charge in [0, 0.05) is 19.0 Å². The molecular weight excluding hydrogens is 290 g/mol. The van der Waals surface area contributed by atoms with E-state index < -0.39 is 5.60 Å². The molecule has 1 aromatic carbocycles. The molecule has 0 aromatic heterocycles. The normalized spacial score (nSPS) is 21.7. The van der Waals surface area contributed by atoms with Gasteiger partial charge in [0.25, 0.3) is 0 Å². The largest absolute Gasteiger partial charge is 0.497 e. The van der Waals surface area contributed by atoms with Crippen molar-refractivity contribution in [2.75, 3.05) is 20.2 Å². The van der Waals surface area contributed by atoms with E-state index in [2.05, 4.69) is 18.7 Å². The molecule has 23 heavy (non-hydrogen) atoms. The number of likely N-dealkylation sites (tertiary alicyclic amines) is 1. The number of hydrogen-bond acceptors (Lipinski definition) is 3. The highest BCUT2D eigenvalue weighted by Gasteiger charge is 2.32. The van der Waals surface area contributed by atoms with Crippen molar-refractivity contribution in [1.82, 2.24) is 4.90 Å². The molecule has 1 aliphatic heterocycles. The van der Waals surface area contributed by atoms with E-state index in [0.29, 0.717) is 19.0 Å². The van der Waals surface area contributed by atoms with E-state index in [1.807, 2.05) is 39.0 Å². The predicted octanol–water partition coefficient (Wildman–Crippen LogP) is 4.22. The van der Waals surface area contributed by atoms with Crippen molar-refractivity contribution in [2.24, 2.45) is 5.92 Å². The summed E-state index contributed by atoms with van der Waals surface area (Å²) >= 11 is 0. The average molecular weight is 317 g/mol. The van der Waals surface area contributed by atoms with Gasteiger partial charge >= 0.3 is 6.09 Å². The van der Waals surface area contributed by atoms with Crippen LogP contribution in [0.1, 0.15) is 38.7 Å².